The Morgan fingerprint density at radius 2 is 1.80 bits per heavy atom. The van der Waals surface area contributed by atoms with E-state index in [0.29, 0.717) is 0 Å². The average Bonchev–Trinajstić information content (AvgIpc) is 2.66. The van der Waals surface area contributed by atoms with Gasteiger partial charge in [0.25, 0.3) is 0 Å². The average molecular weight is 289 g/mol. The molecule has 1 aromatic carbocycles. The van der Waals surface area contributed by atoms with E-state index >= 15 is 0 Å². The molecule has 2 rings (SSSR count). The lowest BCUT2D eigenvalue weighted by Crippen LogP contribution is -2.41. The van der Waals surface area contributed by atoms with Crippen molar-refractivity contribution in [3.05, 3.63) is 36.0 Å². The summed E-state index contributed by atoms with van der Waals surface area (Å²) in [6.07, 6.45) is 3.23. The highest BCUT2D eigenvalue weighted by Gasteiger charge is 2.36. The Kier molecular flexibility index (Phi) is 4.12. The molecule has 2 nitrogen and oxygen atoms in total. The highest BCUT2D eigenvalue weighted by Crippen LogP contribution is 2.36. The van der Waals surface area contributed by atoms with Crippen LogP contribution in [-0.4, -0.2) is 19.5 Å². The molecule has 0 amide bonds. The number of hydrogen-bond donors (Lipinski definition) is 0. The van der Waals surface area contributed by atoms with Crippen LogP contribution in [0.25, 0.3) is 10.9 Å². The van der Waals surface area contributed by atoms with Crippen molar-refractivity contribution < 1.29 is 4.43 Å². The summed E-state index contributed by atoms with van der Waals surface area (Å²) in [4.78, 5) is 0. The van der Waals surface area contributed by atoms with Gasteiger partial charge in [0.2, 0.25) is 0 Å². The minimum Gasteiger partial charge on any atom is -0.416 e. The number of aromatic nitrogens is 1. The zero-order chi connectivity index (χ0) is 15.0. The molecule has 0 aliphatic heterocycles. The molecule has 0 unspecified atom stereocenters. The van der Waals surface area contributed by atoms with Gasteiger partial charge in [-0.1, -0.05) is 39.0 Å². The van der Waals surface area contributed by atoms with Crippen molar-refractivity contribution in [3.8, 4) is 0 Å². The lowest BCUT2D eigenvalue weighted by Gasteiger charge is -2.36. The number of aryl methyl sites for hydroxylation is 1. The Hall–Kier alpha value is -1.06. The maximum Gasteiger partial charge on any atom is 0.191 e. The van der Waals surface area contributed by atoms with E-state index in [1.54, 1.807) is 0 Å². The fourth-order valence-corrected chi connectivity index (χ4v) is 3.30. The quantitative estimate of drug-likeness (QED) is 0.741. The smallest absolute Gasteiger partial charge is 0.191 e. The summed E-state index contributed by atoms with van der Waals surface area (Å²) < 4.78 is 8.49. The number of para-hydroxylation sites is 1. The van der Waals surface area contributed by atoms with Crippen LogP contribution in [0.2, 0.25) is 18.1 Å². The van der Waals surface area contributed by atoms with E-state index < -0.39 is 8.32 Å². The van der Waals surface area contributed by atoms with Crippen molar-refractivity contribution in [3.63, 3.8) is 0 Å². The summed E-state index contributed by atoms with van der Waals surface area (Å²) in [5.41, 5.74) is 2.69. The third-order valence-corrected chi connectivity index (χ3v) is 9.16. The molecule has 0 fully saturated rings. The third-order valence-electron chi connectivity index (χ3n) is 4.62. The van der Waals surface area contributed by atoms with Crippen molar-refractivity contribution in [2.45, 2.75) is 45.3 Å². The lowest BCUT2D eigenvalue weighted by atomic mass is 10.1. The van der Waals surface area contributed by atoms with E-state index in [-0.39, 0.29) is 5.04 Å². The minimum absolute atomic E-state index is 0.283. The standard InChI is InChI=1S/C17H27NOSi/c1-17(2,3)20(5,6)19-12-11-14-13-18(4)16-10-8-7-9-15(14)16/h7-10,13H,11-12H2,1-6H3. The van der Waals surface area contributed by atoms with Gasteiger partial charge in [0, 0.05) is 30.8 Å². The van der Waals surface area contributed by atoms with Gasteiger partial charge < -0.3 is 8.99 Å². The van der Waals surface area contributed by atoms with Gasteiger partial charge in [0.05, 0.1) is 0 Å². The first kappa shape index (κ1) is 15.3. The van der Waals surface area contributed by atoms with Crippen molar-refractivity contribution in [2.75, 3.05) is 6.61 Å². The minimum atomic E-state index is -1.63. The van der Waals surface area contributed by atoms with Gasteiger partial charge in [-0.2, -0.15) is 0 Å². The zero-order valence-corrected chi connectivity index (χ0v) is 14.7. The molecular formula is C17H27NOSi. The van der Waals surface area contributed by atoms with Crippen molar-refractivity contribution in [1.29, 1.82) is 0 Å². The molecule has 0 N–H and O–H groups in total. The number of nitrogens with zero attached hydrogens (tertiary/aromatic N) is 1. The van der Waals surface area contributed by atoms with Crippen molar-refractivity contribution in [1.82, 2.24) is 4.57 Å². The fourth-order valence-electron chi connectivity index (χ4n) is 2.26. The molecule has 20 heavy (non-hydrogen) atoms. The molecular weight excluding hydrogens is 262 g/mol. The van der Waals surface area contributed by atoms with E-state index in [1.807, 2.05) is 0 Å². The number of fused-ring (bicyclic) bond motifs is 1. The van der Waals surface area contributed by atoms with Gasteiger partial charge in [-0.15, -0.1) is 0 Å². The summed E-state index contributed by atoms with van der Waals surface area (Å²) in [6.45, 7) is 12.3. The van der Waals surface area contributed by atoms with Gasteiger partial charge in [-0.25, -0.2) is 0 Å². The normalized spacial score (nSPS) is 13.1. The van der Waals surface area contributed by atoms with E-state index in [0.717, 1.165) is 13.0 Å². The molecule has 0 bridgehead atoms. The second kappa shape index (κ2) is 5.38. The predicted molar refractivity (Wildman–Crippen MR) is 89.8 cm³/mol. The Bertz CT molecular complexity index is 593. The van der Waals surface area contributed by atoms with Gasteiger partial charge in [0.15, 0.2) is 8.32 Å². The summed E-state index contributed by atoms with van der Waals surface area (Å²) in [5.74, 6) is 0. The molecule has 0 radical (unpaired) electrons. The van der Waals surface area contributed by atoms with E-state index in [4.69, 9.17) is 4.43 Å². The Balaban J connectivity index is 2.08. The Morgan fingerprint density at radius 3 is 2.45 bits per heavy atom. The first-order valence-corrected chi connectivity index (χ1v) is 10.3. The third kappa shape index (κ3) is 2.99. The van der Waals surface area contributed by atoms with Crippen LogP contribution in [0, 0.1) is 0 Å². The van der Waals surface area contributed by atoms with Crippen LogP contribution in [-0.2, 0) is 17.9 Å². The van der Waals surface area contributed by atoms with Crippen LogP contribution >= 0.6 is 0 Å². The molecule has 0 aliphatic carbocycles. The van der Waals surface area contributed by atoms with E-state index in [9.17, 15) is 0 Å². The van der Waals surface area contributed by atoms with Crippen LogP contribution in [0.5, 0.6) is 0 Å². The van der Waals surface area contributed by atoms with E-state index in [1.165, 1.54) is 16.5 Å². The summed E-state index contributed by atoms with van der Waals surface area (Å²) >= 11 is 0. The van der Waals surface area contributed by atoms with Crippen molar-refractivity contribution in [2.24, 2.45) is 7.05 Å². The van der Waals surface area contributed by atoms with Gasteiger partial charge in [-0.3, -0.25) is 0 Å². The van der Waals surface area contributed by atoms with Crippen LogP contribution in [0.15, 0.2) is 30.5 Å². The van der Waals surface area contributed by atoms with Crippen LogP contribution in [0.1, 0.15) is 26.3 Å². The number of benzene rings is 1. The van der Waals surface area contributed by atoms with E-state index in [2.05, 4.69) is 75.9 Å². The summed E-state index contributed by atoms with van der Waals surface area (Å²) in [7, 11) is 0.485. The molecule has 0 aliphatic rings. The van der Waals surface area contributed by atoms with Crippen molar-refractivity contribution >= 4 is 19.2 Å². The Labute approximate surface area is 123 Å². The van der Waals surface area contributed by atoms with Crippen LogP contribution in [0.3, 0.4) is 0 Å². The molecule has 0 saturated carbocycles. The molecule has 0 spiro atoms. The molecule has 0 atom stereocenters. The molecule has 0 saturated heterocycles. The SMILES string of the molecule is Cn1cc(CCO[Si](C)(C)C(C)(C)C)c2ccccc21. The molecule has 1 heterocycles. The fraction of sp³-hybridized carbons (Fsp3) is 0.529. The topological polar surface area (TPSA) is 14.2 Å². The van der Waals surface area contributed by atoms with Gasteiger partial charge in [0.1, 0.15) is 0 Å². The van der Waals surface area contributed by atoms with Crippen LogP contribution in [0.4, 0.5) is 0 Å². The predicted octanol–water partition coefficient (Wildman–Crippen LogP) is 4.74. The monoisotopic (exact) mass is 289 g/mol. The first-order valence-electron chi connectivity index (χ1n) is 7.39. The molecule has 3 heteroatoms. The summed E-state index contributed by atoms with van der Waals surface area (Å²) in [5, 5.41) is 1.64. The largest absolute Gasteiger partial charge is 0.416 e. The highest BCUT2D eigenvalue weighted by atomic mass is 28.4. The second-order valence-corrected chi connectivity index (χ2v) is 12.0. The Morgan fingerprint density at radius 1 is 1.15 bits per heavy atom. The highest BCUT2D eigenvalue weighted by molar-refractivity contribution is 6.74. The van der Waals surface area contributed by atoms with Gasteiger partial charge in [-0.05, 0) is 36.2 Å². The van der Waals surface area contributed by atoms with Gasteiger partial charge >= 0.3 is 0 Å². The summed E-state index contributed by atoms with van der Waals surface area (Å²) in [6, 6.07) is 8.59. The number of hydrogen-bond acceptors (Lipinski definition) is 1. The lowest BCUT2D eigenvalue weighted by molar-refractivity contribution is 0.292. The number of rotatable bonds is 4. The van der Waals surface area contributed by atoms with Crippen LogP contribution < -0.4 is 0 Å². The molecule has 1 aromatic heterocycles. The zero-order valence-electron chi connectivity index (χ0n) is 13.7. The second-order valence-electron chi connectivity index (χ2n) is 7.14. The maximum atomic E-state index is 6.29. The first-order chi connectivity index (χ1) is 9.22. The molecule has 110 valence electrons. The maximum absolute atomic E-state index is 6.29. The molecule has 2 aromatic rings.